The minimum Gasteiger partial charge on any atom is -0.491 e. The van der Waals surface area contributed by atoms with Crippen molar-refractivity contribution in [2.75, 3.05) is 13.2 Å². The number of hydrogen-bond acceptors (Lipinski definition) is 4. The number of nitrogens with one attached hydrogen (secondary N) is 1. The minimum atomic E-state index is -0.520. The SMILES string of the molecule is Cc1cc(C)cc(OCC(O)CN[C@H](C)c2cccs2)c1. The summed E-state index contributed by atoms with van der Waals surface area (Å²) in [5, 5.41) is 15.4. The molecule has 1 unspecified atom stereocenters. The molecular formula is C17H23NO2S. The second kappa shape index (κ2) is 7.59. The molecule has 0 spiro atoms. The molecule has 0 aliphatic heterocycles. The summed E-state index contributed by atoms with van der Waals surface area (Å²) in [7, 11) is 0. The van der Waals surface area contributed by atoms with E-state index in [0.29, 0.717) is 13.2 Å². The van der Waals surface area contributed by atoms with Crippen LogP contribution in [0.1, 0.15) is 29.0 Å². The van der Waals surface area contributed by atoms with Gasteiger partial charge >= 0.3 is 0 Å². The highest BCUT2D eigenvalue weighted by molar-refractivity contribution is 7.10. The lowest BCUT2D eigenvalue weighted by molar-refractivity contribution is 0.104. The van der Waals surface area contributed by atoms with Crippen molar-refractivity contribution in [3.05, 3.63) is 51.7 Å². The maximum Gasteiger partial charge on any atom is 0.119 e. The Morgan fingerprint density at radius 3 is 2.57 bits per heavy atom. The molecule has 2 rings (SSSR count). The van der Waals surface area contributed by atoms with Crippen LogP contribution in [0.25, 0.3) is 0 Å². The van der Waals surface area contributed by atoms with Crippen LogP contribution >= 0.6 is 11.3 Å². The zero-order valence-corrected chi connectivity index (χ0v) is 13.6. The van der Waals surface area contributed by atoms with Crippen LogP contribution < -0.4 is 10.1 Å². The first-order valence-electron chi connectivity index (χ1n) is 7.20. The summed E-state index contributed by atoms with van der Waals surface area (Å²) in [5.74, 6) is 0.817. The Kier molecular flexibility index (Phi) is 5.79. The quantitative estimate of drug-likeness (QED) is 0.823. The van der Waals surface area contributed by atoms with Gasteiger partial charge in [0, 0.05) is 17.5 Å². The number of aryl methyl sites for hydroxylation is 2. The first-order valence-corrected chi connectivity index (χ1v) is 8.08. The number of benzene rings is 1. The van der Waals surface area contributed by atoms with Gasteiger partial charge in [-0.05, 0) is 55.5 Å². The van der Waals surface area contributed by atoms with Crippen molar-refractivity contribution in [2.24, 2.45) is 0 Å². The average molecular weight is 305 g/mol. The zero-order chi connectivity index (χ0) is 15.2. The van der Waals surface area contributed by atoms with E-state index in [4.69, 9.17) is 4.74 Å². The van der Waals surface area contributed by atoms with Crippen molar-refractivity contribution in [2.45, 2.75) is 32.9 Å². The third kappa shape index (κ3) is 5.16. The number of ether oxygens (including phenoxy) is 1. The molecule has 0 bridgehead atoms. The summed E-state index contributed by atoms with van der Waals surface area (Å²) in [6.07, 6.45) is -0.520. The third-order valence-electron chi connectivity index (χ3n) is 3.27. The summed E-state index contributed by atoms with van der Waals surface area (Å²) in [6.45, 7) is 7.00. The molecule has 0 amide bonds. The molecule has 1 aromatic carbocycles. The second-order valence-electron chi connectivity index (χ2n) is 5.43. The van der Waals surface area contributed by atoms with Crippen LogP contribution in [0.15, 0.2) is 35.7 Å². The fourth-order valence-electron chi connectivity index (χ4n) is 2.22. The van der Waals surface area contributed by atoms with Crippen molar-refractivity contribution in [1.29, 1.82) is 0 Å². The van der Waals surface area contributed by atoms with Crippen molar-refractivity contribution in [3.8, 4) is 5.75 Å². The van der Waals surface area contributed by atoms with Gasteiger partial charge in [0.05, 0.1) is 0 Å². The van der Waals surface area contributed by atoms with E-state index in [0.717, 1.165) is 5.75 Å². The van der Waals surface area contributed by atoms with E-state index < -0.39 is 6.10 Å². The summed E-state index contributed by atoms with van der Waals surface area (Å²) in [5.41, 5.74) is 2.34. The third-order valence-corrected chi connectivity index (χ3v) is 4.32. The molecule has 114 valence electrons. The highest BCUT2D eigenvalue weighted by atomic mass is 32.1. The Balaban J connectivity index is 1.75. The molecule has 4 heteroatoms. The van der Waals surface area contributed by atoms with Crippen LogP contribution in [0.2, 0.25) is 0 Å². The molecule has 0 radical (unpaired) electrons. The first-order chi connectivity index (χ1) is 10.0. The summed E-state index contributed by atoms with van der Waals surface area (Å²) < 4.78 is 5.67. The van der Waals surface area contributed by atoms with Crippen LogP contribution in [-0.2, 0) is 0 Å². The van der Waals surface area contributed by atoms with E-state index in [1.807, 2.05) is 32.0 Å². The van der Waals surface area contributed by atoms with Gasteiger partial charge < -0.3 is 15.2 Å². The smallest absolute Gasteiger partial charge is 0.119 e. The second-order valence-corrected chi connectivity index (χ2v) is 6.41. The van der Waals surface area contributed by atoms with Crippen LogP contribution in [0.4, 0.5) is 0 Å². The topological polar surface area (TPSA) is 41.5 Å². The molecular weight excluding hydrogens is 282 g/mol. The molecule has 0 saturated carbocycles. The minimum absolute atomic E-state index is 0.251. The van der Waals surface area contributed by atoms with E-state index in [2.05, 4.69) is 29.8 Å². The predicted octanol–water partition coefficient (Wildman–Crippen LogP) is 3.46. The Hall–Kier alpha value is -1.36. The van der Waals surface area contributed by atoms with E-state index in [1.165, 1.54) is 16.0 Å². The maximum absolute atomic E-state index is 10.0. The molecule has 2 N–H and O–H groups in total. The van der Waals surface area contributed by atoms with Crippen molar-refractivity contribution >= 4 is 11.3 Å². The monoisotopic (exact) mass is 305 g/mol. The highest BCUT2D eigenvalue weighted by Gasteiger charge is 2.10. The maximum atomic E-state index is 10.0. The Bertz CT molecular complexity index is 534. The van der Waals surface area contributed by atoms with Crippen LogP contribution in [-0.4, -0.2) is 24.4 Å². The van der Waals surface area contributed by atoms with Crippen LogP contribution in [0, 0.1) is 13.8 Å². The Morgan fingerprint density at radius 2 is 1.95 bits per heavy atom. The fraction of sp³-hybridized carbons (Fsp3) is 0.412. The van der Waals surface area contributed by atoms with Gasteiger partial charge in [0.1, 0.15) is 18.5 Å². The van der Waals surface area contributed by atoms with Gasteiger partial charge in [-0.3, -0.25) is 0 Å². The van der Waals surface area contributed by atoms with Gasteiger partial charge in [-0.2, -0.15) is 0 Å². The van der Waals surface area contributed by atoms with Gasteiger partial charge in [-0.15, -0.1) is 11.3 Å². The summed E-state index contributed by atoms with van der Waals surface area (Å²) in [4.78, 5) is 1.28. The summed E-state index contributed by atoms with van der Waals surface area (Å²) >= 11 is 1.72. The molecule has 2 atom stereocenters. The van der Waals surface area contributed by atoms with Crippen molar-refractivity contribution < 1.29 is 9.84 Å². The number of thiophene rings is 1. The van der Waals surface area contributed by atoms with E-state index in [-0.39, 0.29) is 6.04 Å². The van der Waals surface area contributed by atoms with Crippen LogP contribution in [0.5, 0.6) is 5.75 Å². The Labute approximate surface area is 130 Å². The Morgan fingerprint density at radius 1 is 1.24 bits per heavy atom. The van der Waals surface area contributed by atoms with Gasteiger partial charge in [0.2, 0.25) is 0 Å². The molecule has 0 saturated heterocycles. The first kappa shape index (κ1) is 16.0. The average Bonchev–Trinajstić information content (AvgIpc) is 2.95. The molecule has 21 heavy (non-hydrogen) atoms. The molecule has 0 fully saturated rings. The molecule has 0 aliphatic carbocycles. The standard InChI is InChI=1S/C17H23NO2S/c1-12-7-13(2)9-16(8-12)20-11-15(19)10-18-14(3)17-5-4-6-21-17/h4-9,14-15,18-19H,10-11H2,1-3H3/t14-,15?/m1/s1. The number of aliphatic hydroxyl groups excluding tert-OH is 1. The lowest BCUT2D eigenvalue weighted by Crippen LogP contribution is -2.32. The van der Waals surface area contributed by atoms with E-state index >= 15 is 0 Å². The van der Waals surface area contributed by atoms with E-state index in [1.54, 1.807) is 11.3 Å². The lowest BCUT2D eigenvalue weighted by atomic mass is 10.1. The van der Waals surface area contributed by atoms with Gasteiger partial charge in [-0.25, -0.2) is 0 Å². The van der Waals surface area contributed by atoms with Gasteiger partial charge in [0.25, 0.3) is 0 Å². The molecule has 2 aromatic rings. The largest absolute Gasteiger partial charge is 0.491 e. The number of hydrogen-bond donors (Lipinski definition) is 2. The highest BCUT2D eigenvalue weighted by Crippen LogP contribution is 2.18. The van der Waals surface area contributed by atoms with Gasteiger partial charge in [-0.1, -0.05) is 12.1 Å². The molecule has 3 nitrogen and oxygen atoms in total. The van der Waals surface area contributed by atoms with Crippen molar-refractivity contribution in [1.82, 2.24) is 5.32 Å². The predicted molar refractivity (Wildman–Crippen MR) is 88.2 cm³/mol. The summed E-state index contributed by atoms with van der Waals surface area (Å²) in [6, 6.07) is 10.5. The molecule has 1 aromatic heterocycles. The van der Waals surface area contributed by atoms with Crippen LogP contribution in [0.3, 0.4) is 0 Å². The molecule has 0 aliphatic rings. The number of rotatable bonds is 7. The normalized spacial score (nSPS) is 13.9. The molecule has 1 heterocycles. The fourth-order valence-corrected chi connectivity index (χ4v) is 2.98. The van der Waals surface area contributed by atoms with E-state index in [9.17, 15) is 5.11 Å². The lowest BCUT2D eigenvalue weighted by Gasteiger charge is -2.17. The van der Waals surface area contributed by atoms with Crippen molar-refractivity contribution in [3.63, 3.8) is 0 Å². The zero-order valence-electron chi connectivity index (χ0n) is 12.8. The number of aliphatic hydroxyl groups is 1. The van der Waals surface area contributed by atoms with Gasteiger partial charge in [0.15, 0.2) is 0 Å².